The minimum Gasteiger partial charge on any atom is -0.345 e. The summed E-state index contributed by atoms with van der Waals surface area (Å²) in [6, 6.07) is 1.06. The van der Waals surface area contributed by atoms with Crippen molar-refractivity contribution < 1.29 is 18.0 Å². The van der Waals surface area contributed by atoms with Crippen molar-refractivity contribution >= 4 is 5.91 Å². The van der Waals surface area contributed by atoms with Crippen LogP contribution in [0.15, 0.2) is 21.9 Å². The summed E-state index contributed by atoms with van der Waals surface area (Å²) in [6.07, 6.45) is -3.07. The first-order chi connectivity index (χ1) is 9.74. The quantitative estimate of drug-likeness (QED) is 0.707. The lowest BCUT2D eigenvalue weighted by atomic mass is 10.4. The van der Waals surface area contributed by atoms with Crippen molar-refractivity contribution in [2.24, 2.45) is 5.73 Å². The van der Waals surface area contributed by atoms with Crippen molar-refractivity contribution in [3.8, 4) is 0 Å². The van der Waals surface area contributed by atoms with E-state index in [2.05, 4.69) is 0 Å². The predicted molar refractivity (Wildman–Crippen MR) is 67.7 cm³/mol. The summed E-state index contributed by atoms with van der Waals surface area (Å²) in [5.74, 6) is -0.974. The van der Waals surface area contributed by atoms with Gasteiger partial charge >= 0.3 is 11.9 Å². The molecule has 0 bridgehead atoms. The number of alkyl halides is 3. The van der Waals surface area contributed by atoms with E-state index in [4.69, 9.17) is 5.73 Å². The summed E-state index contributed by atoms with van der Waals surface area (Å²) in [4.78, 5) is 34.8. The summed E-state index contributed by atoms with van der Waals surface area (Å²) in [5, 5.41) is 1.64. The fraction of sp³-hybridized carbons (Fsp3) is 0.545. The molecular formula is C11H15F3N4O3. The van der Waals surface area contributed by atoms with Crippen LogP contribution >= 0.6 is 0 Å². The minimum absolute atomic E-state index is 0.0825. The van der Waals surface area contributed by atoms with Gasteiger partial charge in [0.1, 0.15) is 13.1 Å². The topological polar surface area (TPSA) is 99.1 Å². The summed E-state index contributed by atoms with van der Waals surface area (Å²) < 4.78 is 37.6. The Kier molecular flexibility index (Phi) is 5.70. The molecule has 0 aromatic carbocycles. The first kappa shape index (κ1) is 17.0. The average molecular weight is 308 g/mol. The number of carbonyl (C=O) groups excluding carboxylic acids is 1. The van der Waals surface area contributed by atoms with Gasteiger partial charge in [-0.15, -0.1) is 0 Å². The Morgan fingerprint density at radius 1 is 1.33 bits per heavy atom. The Hall–Kier alpha value is -2.10. The number of halogens is 3. The van der Waals surface area contributed by atoms with E-state index in [1.165, 1.54) is 0 Å². The van der Waals surface area contributed by atoms with Crippen molar-refractivity contribution in [2.75, 3.05) is 13.1 Å². The van der Waals surface area contributed by atoms with E-state index in [1.807, 2.05) is 0 Å². The van der Waals surface area contributed by atoms with E-state index in [0.29, 0.717) is 6.42 Å². The van der Waals surface area contributed by atoms with Gasteiger partial charge in [0.05, 0.1) is 0 Å². The third kappa shape index (κ3) is 5.42. The highest BCUT2D eigenvalue weighted by Crippen LogP contribution is 2.11. The van der Waals surface area contributed by atoms with E-state index >= 15 is 0 Å². The van der Waals surface area contributed by atoms with E-state index in [1.54, 1.807) is 5.32 Å². The fourth-order valence-electron chi connectivity index (χ4n) is 1.54. The van der Waals surface area contributed by atoms with Crippen molar-refractivity contribution in [1.29, 1.82) is 0 Å². The van der Waals surface area contributed by atoms with Crippen LogP contribution in [0.5, 0.6) is 0 Å². The molecule has 0 saturated heterocycles. The zero-order valence-corrected chi connectivity index (χ0v) is 11.0. The van der Waals surface area contributed by atoms with Gasteiger partial charge in [0, 0.05) is 18.8 Å². The monoisotopic (exact) mass is 308 g/mol. The molecule has 3 N–H and O–H groups in total. The molecule has 0 spiro atoms. The Morgan fingerprint density at radius 2 is 2.00 bits per heavy atom. The van der Waals surface area contributed by atoms with Crippen LogP contribution in [-0.2, 0) is 17.9 Å². The summed E-state index contributed by atoms with van der Waals surface area (Å²) in [6.45, 7) is -1.72. The number of rotatable bonds is 6. The Labute approximate surface area is 117 Å². The van der Waals surface area contributed by atoms with Crippen LogP contribution in [0.1, 0.15) is 6.42 Å². The van der Waals surface area contributed by atoms with E-state index in [-0.39, 0.29) is 13.1 Å². The van der Waals surface area contributed by atoms with Gasteiger partial charge in [0.15, 0.2) is 0 Å². The van der Waals surface area contributed by atoms with Gasteiger partial charge in [-0.25, -0.2) is 4.79 Å². The minimum atomic E-state index is -4.53. The van der Waals surface area contributed by atoms with Crippen LogP contribution in [-0.4, -0.2) is 34.3 Å². The fourth-order valence-corrected chi connectivity index (χ4v) is 1.54. The highest BCUT2D eigenvalue weighted by Gasteiger charge is 2.27. The maximum atomic E-state index is 11.9. The zero-order chi connectivity index (χ0) is 16.0. The number of hydrogen-bond acceptors (Lipinski definition) is 4. The van der Waals surface area contributed by atoms with E-state index < -0.39 is 36.4 Å². The summed E-state index contributed by atoms with van der Waals surface area (Å²) in [7, 11) is 0. The van der Waals surface area contributed by atoms with Gasteiger partial charge in [-0.2, -0.15) is 13.2 Å². The Balaban J connectivity index is 2.82. The number of carbonyl (C=O) groups is 1. The summed E-state index contributed by atoms with van der Waals surface area (Å²) in [5.41, 5.74) is 3.96. The van der Waals surface area contributed by atoms with Crippen molar-refractivity contribution in [1.82, 2.24) is 14.5 Å². The van der Waals surface area contributed by atoms with Crippen molar-refractivity contribution in [3.63, 3.8) is 0 Å². The molecule has 0 saturated carbocycles. The number of amides is 1. The van der Waals surface area contributed by atoms with Gasteiger partial charge in [0.25, 0.3) is 5.56 Å². The lowest BCUT2D eigenvalue weighted by Crippen LogP contribution is -2.43. The van der Waals surface area contributed by atoms with Gasteiger partial charge in [-0.1, -0.05) is 0 Å². The second-order valence-corrected chi connectivity index (χ2v) is 4.25. The Morgan fingerprint density at radius 3 is 2.57 bits per heavy atom. The van der Waals surface area contributed by atoms with Crippen LogP contribution in [0.2, 0.25) is 0 Å². The van der Waals surface area contributed by atoms with E-state index in [0.717, 1.165) is 21.4 Å². The molecule has 1 heterocycles. The Bertz CT molecular complexity index is 606. The van der Waals surface area contributed by atoms with Crippen molar-refractivity contribution in [2.45, 2.75) is 25.7 Å². The molecule has 0 aliphatic carbocycles. The zero-order valence-electron chi connectivity index (χ0n) is 11.0. The average Bonchev–Trinajstić information content (AvgIpc) is 2.39. The van der Waals surface area contributed by atoms with Crippen LogP contribution in [0.25, 0.3) is 0 Å². The number of hydrogen-bond donors (Lipinski definition) is 2. The standard InChI is InChI=1S/C11H15F3N4O3/c12-11(13,14)7-16-8(19)6-17-5-2-9(20)18(10(17)21)4-1-3-15/h2,5H,1,3-4,6-7,15H2,(H,16,19). The van der Waals surface area contributed by atoms with Gasteiger partial charge in [-0.3, -0.25) is 18.7 Å². The molecule has 0 aliphatic rings. The molecule has 10 heteroatoms. The van der Waals surface area contributed by atoms with Crippen LogP contribution in [0.3, 0.4) is 0 Å². The molecule has 1 amide bonds. The number of nitrogens with two attached hydrogens (primary N) is 1. The van der Waals surface area contributed by atoms with Crippen molar-refractivity contribution in [3.05, 3.63) is 33.1 Å². The molecule has 0 atom stereocenters. The second-order valence-electron chi connectivity index (χ2n) is 4.25. The molecule has 0 unspecified atom stereocenters. The smallest absolute Gasteiger partial charge is 0.345 e. The molecular weight excluding hydrogens is 293 g/mol. The van der Waals surface area contributed by atoms with Crippen LogP contribution < -0.4 is 22.3 Å². The highest BCUT2D eigenvalue weighted by molar-refractivity contribution is 5.75. The predicted octanol–water partition coefficient (Wildman–Crippen LogP) is -0.963. The largest absolute Gasteiger partial charge is 0.405 e. The lowest BCUT2D eigenvalue weighted by Gasteiger charge is -2.11. The number of nitrogens with one attached hydrogen (secondary N) is 1. The molecule has 1 aromatic heterocycles. The van der Waals surface area contributed by atoms with Gasteiger partial charge in [-0.05, 0) is 13.0 Å². The number of aromatic nitrogens is 2. The molecule has 0 radical (unpaired) electrons. The lowest BCUT2D eigenvalue weighted by molar-refractivity contribution is -0.138. The number of nitrogens with zero attached hydrogens (tertiary/aromatic N) is 2. The summed E-state index contributed by atoms with van der Waals surface area (Å²) >= 11 is 0. The molecule has 1 rings (SSSR count). The normalized spacial score (nSPS) is 11.4. The molecule has 1 aromatic rings. The first-order valence-electron chi connectivity index (χ1n) is 6.08. The van der Waals surface area contributed by atoms with Gasteiger partial charge in [0.2, 0.25) is 5.91 Å². The molecule has 118 valence electrons. The van der Waals surface area contributed by atoms with Crippen LogP contribution in [0, 0.1) is 0 Å². The molecule has 0 fully saturated rings. The SMILES string of the molecule is NCCCn1c(=O)ccn(CC(=O)NCC(F)(F)F)c1=O. The van der Waals surface area contributed by atoms with Crippen LogP contribution in [0.4, 0.5) is 13.2 Å². The van der Waals surface area contributed by atoms with Gasteiger partial charge < -0.3 is 11.1 Å². The first-order valence-corrected chi connectivity index (χ1v) is 6.08. The maximum absolute atomic E-state index is 11.9. The third-order valence-corrected chi connectivity index (χ3v) is 2.53. The highest BCUT2D eigenvalue weighted by atomic mass is 19.4. The molecule has 0 aliphatic heterocycles. The molecule has 21 heavy (non-hydrogen) atoms. The maximum Gasteiger partial charge on any atom is 0.405 e. The third-order valence-electron chi connectivity index (χ3n) is 2.53. The van der Waals surface area contributed by atoms with E-state index in [9.17, 15) is 27.6 Å². The molecule has 7 nitrogen and oxygen atoms in total. The second kappa shape index (κ2) is 7.07.